The summed E-state index contributed by atoms with van der Waals surface area (Å²) < 4.78 is 24.6. The third kappa shape index (κ3) is 7.34. The van der Waals surface area contributed by atoms with Crippen molar-refractivity contribution in [2.75, 3.05) is 52.0 Å². The minimum Gasteiger partial charge on any atom is -0.496 e. The summed E-state index contributed by atoms with van der Waals surface area (Å²) in [6.07, 6.45) is 5.72. The molecule has 0 N–H and O–H groups in total. The molecule has 10 nitrogen and oxygen atoms in total. The topological polar surface area (TPSA) is 95.4 Å². The SMILES string of the molecule is COc1cccc(OC)c1-c1cc(N(C=O)[C@@H](CCN2CCOCC2)CC(=O)OC(C)(C)C)nn1C1CCCC1. The summed E-state index contributed by atoms with van der Waals surface area (Å²) in [4.78, 5) is 29.6. The number of methoxy groups -OCH3 is 2. The Kier molecular flexibility index (Phi) is 10.1. The van der Waals surface area contributed by atoms with Gasteiger partial charge in [0, 0.05) is 31.7 Å². The molecule has 1 aliphatic carbocycles. The fourth-order valence-corrected chi connectivity index (χ4v) is 5.62. The average molecular weight is 557 g/mol. The molecule has 2 heterocycles. The van der Waals surface area contributed by atoms with Crippen molar-refractivity contribution in [3.05, 3.63) is 24.3 Å². The molecule has 1 atom stereocenters. The molecule has 1 saturated heterocycles. The molecule has 0 radical (unpaired) electrons. The summed E-state index contributed by atoms with van der Waals surface area (Å²) in [7, 11) is 3.27. The van der Waals surface area contributed by atoms with Gasteiger partial charge in [0.2, 0.25) is 6.41 Å². The molecule has 1 amide bonds. The molecule has 1 aliphatic heterocycles. The van der Waals surface area contributed by atoms with Gasteiger partial charge in [-0.3, -0.25) is 24.1 Å². The molecular formula is C30H44N4O6. The van der Waals surface area contributed by atoms with E-state index in [0.717, 1.165) is 63.0 Å². The number of hydrogen-bond donors (Lipinski definition) is 0. The first-order valence-electron chi connectivity index (χ1n) is 14.3. The molecule has 220 valence electrons. The summed E-state index contributed by atoms with van der Waals surface area (Å²) >= 11 is 0. The number of esters is 1. The Balaban J connectivity index is 1.72. The highest BCUT2D eigenvalue weighted by atomic mass is 16.6. The highest BCUT2D eigenvalue weighted by molar-refractivity contribution is 5.82. The van der Waals surface area contributed by atoms with E-state index in [-0.39, 0.29) is 18.4 Å². The second kappa shape index (κ2) is 13.5. The Morgan fingerprint density at radius 1 is 1.15 bits per heavy atom. The van der Waals surface area contributed by atoms with E-state index in [9.17, 15) is 9.59 Å². The van der Waals surface area contributed by atoms with Crippen LogP contribution in [0.4, 0.5) is 5.82 Å². The Morgan fingerprint density at radius 2 is 1.80 bits per heavy atom. The van der Waals surface area contributed by atoms with Crippen LogP contribution >= 0.6 is 0 Å². The van der Waals surface area contributed by atoms with Crippen molar-refractivity contribution < 1.29 is 28.5 Å². The van der Waals surface area contributed by atoms with Crippen LogP contribution in [-0.2, 0) is 19.1 Å². The standard InChI is InChI=1S/C30H44N4O6/c1-30(2,3)40-28(36)19-23(13-14-32-15-17-39-18-16-32)33(21-35)27-20-24(34(31-27)22-9-6-7-10-22)29-25(37-4)11-8-12-26(29)38-5/h8,11-12,20-23H,6-7,9-10,13-19H2,1-5H3/t23-/m0/s1. The first-order chi connectivity index (χ1) is 19.2. The zero-order chi connectivity index (χ0) is 28.7. The summed E-state index contributed by atoms with van der Waals surface area (Å²) in [5, 5.41) is 5.00. The van der Waals surface area contributed by atoms with Gasteiger partial charge in [0.05, 0.1) is 51.2 Å². The maximum absolute atomic E-state index is 13.0. The maximum Gasteiger partial charge on any atom is 0.308 e. The third-order valence-electron chi connectivity index (χ3n) is 7.55. The van der Waals surface area contributed by atoms with Gasteiger partial charge in [-0.25, -0.2) is 0 Å². The number of nitrogens with zero attached hydrogens (tertiary/aromatic N) is 4. The van der Waals surface area contributed by atoms with Gasteiger partial charge >= 0.3 is 5.97 Å². The van der Waals surface area contributed by atoms with Crippen LogP contribution in [0.15, 0.2) is 24.3 Å². The number of carbonyl (C=O) groups excluding carboxylic acids is 2. The highest BCUT2D eigenvalue weighted by Gasteiger charge is 2.31. The van der Waals surface area contributed by atoms with E-state index in [1.165, 1.54) is 0 Å². The minimum atomic E-state index is -0.616. The molecule has 0 unspecified atom stereocenters. The zero-order valence-corrected chi connectivity index (χ0v) is 24.6. The van der Waals surface area contributed by atoms with Crippen LogP contribution in [0, 0.1) is 0 Å². The lowest BCUT2D eigenvalue weighted by atomic mass is 10.1. The summed E-state index contributed by atoms with van der Waals surface area (Å²) in [6, 6.07) is 7.38. The van der Waals surface area contributed by atoms with Crippen molar-refractivity contribution in [1.82, 2.24) is 14.7 Å². The number of amides is 1. The van der Waals surface area contributed by atoms with Crippen LogP contribution in [0.5, 0.6) is 11.5 Å². The summed E-state index contributed by atoms with van der Waals surface area (Å²) in [5.41, 5.74) is 1.00. The first kappa shape index (κ1) is 29.9. The number of aromatic nitrogens is 2. The molecule has 2 aliphatic rings. The van der Waals surface area contributed by atoms with Gasteiger partial charge in [-0.2, -0.15) is 5.10 Å². The van der Waals surface area contributed by atoms with Gasteiger partial charge in [0.15, 0.2) is 5.82 Å². The molecule has 1 aromatic carbocycles. The van der Waals surface area contributed by atoms with Crippen LogP contribution in [-0.4, -0.2) is 85.8 Å². The van der Waals surface area contributed by atoms with Gasteiger partial charge < -0.3 is 18.9 Å². The number of benzene rings is 1. The van der Waals surface area contributed by atoms with Gasteiger partial charge in [0.1, 0.15) is 17.1 Å². The van der Waals surface area contributed by atoms with Gasteiger partial charge in [-0.05, 0) is 52.2 Å². The lowest BCUT2D eigenvalue weighted by Crippen LogP contribution is -2.43. The molecule has 1 aromatic heterocycles. The predicted molar refractivity (Wildman–Crippen MR) is 153 cm³/mol. The molecule has 0 spiro atoms. The van der Waals surface area contributed by atoms with Crippen molar-refractivity contribution >= 4 is 18.2 Å². The smallest absolute Gasteiger partial charge is 0.308 e. The highest BCUT2D eigenvalue weighted by Crippen LogP contribution is 2.43. The predicted octanol–water partition coefficient (Wildman–Crippen LogP) is 4.47. The van der Waals surface area contributed by atoms with E-state index >= 15 is 0 Å². The average Bonchev–Trinajstić information content (AvgIpc) is 3.61. The summed E-state index contributed by atoms with van der Waals surface area (Å²) in [5.74, 6) is 1.49. The van der Waals surface area contributed by atoms with E-state index in [1.807, 2.05) is 49.7 Å². The van der Waals surface area contributed by atoms with Crippen molar-refractivity contribution in [3.63, 3.8) is 0 Å². The van der Waals surface area contributed by atoms with Gasteiger partial charge in [-0.1, -0.05) is 18.9 Å². The number of rotatable bonds is 12. The Hall–Kier alpha value is -3.11. The number of anilines is 1. The fourth-order valence-electron chi connectivity index (χ4n) is 5.62. The molecular weight excluding hydrogens is 512 g/mol. The van der Waals surface area contributed by atoms with Crippen molar-refractivity contribution in [1.29, 1.82) is 0 Å². The number of ether oxygens (including phenoxy) is 4. The van der Waals surface area contributed by atoms with Crippen LogP contribution in [0.1, 0.15) is 65.3 Å². The second-order valence-electron chi connectivity index (χ2n) is 11.5. The largest absolute Gasteiger partial charge is 0.496 e. The van der Waals surface area contributed by atoms with E-state index < -0.39 is 11.6 Å². The monoisotopic (exact) mass is 556 g/mol. The van der Waals surface area contributed by atoms with Crippen molar-refractivity contribution in [2.24, 2.45) is 0 Å². The van der Waals surface area contributed by atoms with Gasteiger partial charge in [-0.15, -0.1) is 0 Å². The molecule has 4 rings (SSSR count). The molecule has 10 heteroatoms. The molecule has 2 fully saturated rings. The molecule has 40 heavy (non-hydrogen) atoms. The number of carbonyl (C=O) groups is 2. The van der Waals surface area contributed by atoms with E-state index in [4.69, 9.17) is 24.0 Å². The van der Waals surface area contributed by atoms with Gasteiger partial charge in [0.25, 0.3) is 0 Å². The lowest BCUT2D eigenvalue weighted by Gasteiger charge is -2.31. The summed E-state index contributed by atoms with van der Waals surface area (Å²) in [6.45, 7) is 9.30. The Labute approximate surface area is 237 Å². The molecule has 2 aromatic rings. The van der Waals surface area contributed by atoms with Crippen LogP contribution in [0.3, 0.4) is 0 Å². The molecule has 1 saturated carbocycles. The van der Waals surface area contributed by atoms with Crippen LogP contribution in [0.25, 0.3) is 11.3 Å². The zero-order valence-electron chi connectivity index (χ0n) is 24.6. The fraction of sp³-hybridized carbons (Fsp3) is 0.633. The number of hydrogen-bond acceptors (Lipinski definition) is 8. The van der Waals surface area contributed by atoms with E-state index in [0.29, 0.717) is 37.0 Å². The minimum absolute atomic E-state index is 0.0734. The van der Waals surface area contributed by atoms with E-state index in [2.05, 4.69) is 4.90 Å². The first-order valence-corrected chi connectivity index (χ1v) is 14.3. The normalized spacial score (nSPS) is 17.4. The van der Waals surface area contributed by atoms with Crippen molar-refractivity contribution in [2.45, 2.75) is 77.0 Å². The third-order valence-corrected chi connectivity index (χ3v) is 7.55. The second-order valence-corrected chi connectivity index (χ2v) is 11.5. The Morgan fingerprint density at radius 3 is 2.38 bits per heavy atom. The maximum atomic E-state index is 13.0. The van der Waals surface area contributed by atoms with E-state index in [1.54, 1.807) is 19.1 Å². The Bertz CT molecular complexity index is 1110. The number of morpholine rings is 1. The van der Waals surface area contributed by atoms with Crippen LogP contribution < -0.4 is 14.4 Å². The van der Waals surface area contributed by atoms with Crippen molar-refractivity contribution in [3.8, 4) is 22.8 Å². The quantitative estimate of drug-likeness (QED) is 0.279. The lowest BCUT2D eigenvalue weighted by molar-refractivity contribution is -0.155. The van der Waals surface area contributed by atoms with Crippen LogP contribution in [0.2, 0.25) is 0 Å². The molecule has 0 bridgehead atoms.